The minimum atomic E-state index is -2.14. The number of hydrogen-bond donors (Lipinski definition) is 3. The Morgan fingerprint density at radius 3 is 2.33 bits per heavy atom. The molecule has 4 amide bonds. The highest BCUT2D eigenvalue weighted by molar-refractivity contribution is 6.74. The molecule has 222 valence electrons. The summed E-state index contributed by atoms with van der Waals surface area (Å²) in [5.74, 6) is -0.875. The van der Waals surface area contributed by atoms with Crippen LogP contribution in [0.2, 0.25) is 18.1 Å². The number of amides is 4. The topological polar surface area (TPSA) is 120 Å². The molecule has 1 unspecified atom stereocenters. The van der Waals surface area contributed by atoms with Gasteiger partial charge in [0.15, 0.2) is 8.32 Å². The van der Waals surface area contributed by atoms with Gasteiger partial charge in [-0.2, -0.15) is 0 Å². The van der Waals surface area contributed by atoms with Crippen molar-refractivity contribution in [3.05, 3.63) is 0 Å². The first-order chi connectivity index (χ1) is 17.8. The monoisotopic (exact) mass is 565 g/mol. The summed E-state index contributed by atoms with van der Waals surface area (Å²) in [4.78, 5) is 57.7. The summed E-state index contributed by atoms with van der Waals surface area (Å²) in [5.41, 5.74) is -0.483. The Morgan fingerprint density at radius 1 is 1.13 bits per heavy atom. The average Bonchev–Trinajstić information content (AvgIpc) is 3.25. The zero-order valence-corrected chi connectivity index (χ0v) is 26.6. The first-order valence-corrected chi connectivity index (χ1v) is 17.4. The molecule has 10 nitrogen and oxygen atoms in total. The molecular weight excluding hydrogens is 514 g/mol. The van der Waals surface area contributed by atoms with E-state index in [9.17, 15) is 19.2 Å². The van der Waals surface area contributed by atoms with Gasteiger partial charge in [0.25, 0.3) is 0 Å². The molecule has 0 aromatic rings. The van der Waals surface area contributed by atoms with Crippen LogP contribution in [0.25, 0.3) is 0 Å². The standard InChI is InChI=1S/C28H51N5O5Si/c1-17(2)14-18-26(37)33-20(16-38-39(9,10)28(6,7)8)22(33)23(25(36)31-27(3,4)5)32-13-11-12-19(32)24(35)29-15-21(34)30-18/h17-20,22-23H,11-16H2,1-10H3,(H,29,35)(H,30,34)(H,31,36)/t18-,19-,20-,22?,23-,33?/m0/s1. The van der Waals surface area contributed by atoms with Crippen molar-refractivity contribution >= 4 is 31.9 Å². The van der Waals surface area contributed by atoms with Crippen molar-refractivity contribution in [3.63, 3.8) is 0 Å². The van der Waals surface area contributed by atoms with Gasteiger partial charge in [-0.1, -0.05) is 34.6 Å². The number of nitrogens with zero attached hydrogens (tertiary/aromatic N) is 2. The van der Waals surface area contributed by atoms with Gasteiger partial charge in [0, 0.05) is 5.54 Å². The van der Waals surface area contributed by atoms with E-state index in [2.05, 4.69) is 49.8 Å². The van der Waals surface area contributed by atoms with Gasteiger partial charge in [0.1, 0.15) is 12.1 Å². The predicted octanol–water partition coefficient (Wildman–Crippen LogP) is 2.00. The molecule has 0 saturated carbocycles. The van der Waals surface area contributed by atoms with E-state index in [1.165, 1.54) is 0 Å². The maximum atomic E-state index is 14.1. The van der Waals surface area contributed by atoms with Crippen LogP contribution < -0.4 is 16.0 Å². The summed E-state index contributed by atoms with van der Waals surface area (Å²) in [6.07, 6.45) is 1.81. The van der Waals surface area contributed by atoms with Crippen molar-refractivity contribution in [1.29, 1.82) is 0 Å². The lowest BCUT2D eigenvalue weighted by atomic mass is 10.0. The second-order valence-electron chi connectivity index (χ2n) is 14.4. The van der Waals surface area contributed by atoms with Crippen molar-refractivity contribution in [1.82, 2.24) is 25.8 Å². The van der Waals surface area contributed by atoms with Crippen LogP contribution in [0, 0.1) is 5.92 Å². The fraction of sp³-hybridized carbons (Fsp3) is 0.857. The van der Waals surface area contributed by atoms with Crippen LogP contribution in [-0.2, 0) is 23.6 Å². The Balaban J connectivity index is 2.05. The molecule has 0 aromatic heterocycles. The summed E-state index contributed by atoms with van der Waals surface area (Å²) in [7, 11) is -2.14. The highest BCUT2D eigenvalue weighted by Crippen LogP contribution is 2.41. The van der Waals surface area contributed by atoms with Crippen molar-refractivity contribution in [2.45, 2.75) is 129 Å². The third-order valence-corrected chi connectivity index (χ3v) is 13.0. The molecule has 3 aliphatic rings. The molecule has 0 aliphatic carbocycles. The molecule has 0 spiro atoms. The Hall–Kier alpha value is -1.98. The van der Waals surface area contributed by atoms with Crippen LogP contribution in [0.5, 0.6) is 0 Å². The highest BCUT2D eigenvalue weighted by atomic mass is 28.4. The predicted molar refractivity (Wildman–Crippen MR) is 153 cm³/mol. The lowest BCUT2D eigenvalue weighted by Crippen LogP contribution is -2.60. The molecule has 39 heavy (non-hydrogen) atoms. The molecular formula is C28H51N5O5Si. The van der Waals surface area contributed by atoms with Gasteiger partial charge < -0.3 is 25.3 Å². The van der Waals surface area contributed by atoms with Crippen LogP contribution in [0.15, 0.2) is 0 Å². The number of carbonyl (C=O) groups excluding carboxylic acids is 4. The molecule has 3 N–H and O–H groups in total. The zero-order chi connectivity index (χ0) is 29.5. The van der Waals surface area contributed by atoms with Gasteiger partial charge in [0.05, 0.1) is 31.3 Å². The minimum Gasteiger partial charge on any atom is -0.415 e. The summed E-state index contributed by atoms with van der Waals surface area (Å²) in [5, 5.41) is 8.71. The summed E-state index contributed by atoms with van der Waals surface area (Å²) in [6, 6.07) is -2.76. The van der Waals surface area contributed by atoms with Gasteiger partial charge in [-0.3, -0.25) is 24.1 Å². The van der Waals surface area contributed by atoms with Crippen LogP contribution >= 0.6 is 0 Å². The summed E-state index contributed by atoms with van der Waals surface area (Å²) in [6.45, 7) is 21.3. The Labute approximate surface area is 235 Å². The van der Waals surface area contributed by atoms with Gasteiger partial charge in [-0.25, -0.2) is 0 Å². The largest absolute Gasteiger partial charge is 0.415 e. The molecule has 0 aromatic carbocycles. The van der Waals surface area contributed by atoms with E-state index in [4.69, 9.17) is 4.43 Å². The first kappa shape index (κ1) is 31.5. The van der Waals surface area contributed by atoms with Gasteiger partial charge in [0.2, 0.25) is 23.6 Å². The minimum absolute atomic E-state index is 0.0136. The third-order valence-electron chi connectivity index (χ3n) is 8.47. The first-order valence-electron chi connectivity index (χ1n) is 14.4. The van der Waals surface area contributed by atoms with E-state index in [0.717, 1.165) is 6.42 Å². The molecule has 3 aliphatic heterocycles. The molecule has 5 atom stereocenters. The summed E-state index contributed by atoms with van der Waals surface area (Å²) < 4.78 is 6.58. The molecule has 3 fully saturated rings. The van der Waals surface area contributed by atoms with Crippen molar-refractivity contribution < 1.29 is 23.6 Å². The Bertz CT molecular complexity index is 957. The summed E-state index contributed by atoms with van der Waals surface area (Å²) >= 11 is 0. The second kappa shape index (κ2) is 11.5. The fourth-order valence-electron chi connectivity index (χ4n) is 5.41. The number of rotatable bonds is 6. The van der Waals surface area contributed by atoms with Crippen LogP contribution in [0.1, 0.15) is 74.7 Å². The van der Waals surface area contributed by atoms with Gasteiger partial charge >= 0.3 is 0 Å². The lowest BCUT2D eigenvalue weighted by Gasteiger charge is -2.36. The quantitative estimate of drug-likeness (QED) is 0.335. The molecule has 3 heterocycles. The maximum Gasteiger partial charge on any atom is 0.245 e. The van der Waals surface area contributed by atoms with Crippen molar-refractivity contribution in [3.8, 4) is 0 Å². The SMILES string of the molecule is CC(C)C[C@@H]1NC(=O)CNC(=O)[C@@H]2CCCN2[C@H](C(=O)NC(C)(C)C)C2[C@H](CO[Si](C)(C)C(C)(C)C)N2C1=O. The second-order valence-corrected chi connectivity index (χ2v) is 19.2. The van der Waals surface area contributed by atoms with E-state index in [-0.39, 0.29) is 47.2 Å². The van der Waals surface area contributed by atoms with Crippen molar-refractivity contribution in [2.24, 2.45) is 5.92 Å². The smallest absolute Gasteiger partial charge is 0.245 e. The number of fused-ring (bicyclic) bond motifs is 2. The molecule has 3 rings (SSSR count). The van der Waals surface area contributed by atoms with Crippen LogP contribution in [0.4, 0.5) is 0 Å². The number of hydrogen-bond acceptors (Lipinski definition) is 6. The molecule has 0 radical (unpaired) electrons. The Kier molecular flexibility index (Phi) is 9.29. The van der Waals surface area contributed by atoms with Gasteiger partial charge in [-0.15, -0.1) is 0 Å². The highest BCUT2D eigenvalue weighted by Gasteiger charge is 2.61. The molecule has 11 heteroatoms. The van der Waals surface area contributed by atoms with Gasteiger partial charge in [-0.05, 0) is 70.6 Å². The lowest BCUT2D eigenvalue weighted by molar-refractivity contribution is -0.137. The van der Waals surface area contributed by atoms with E-state index in [1.807, 2.05) is 39.5 Å². The molecule has 3 saturated heterocycles. The fourth-order valence-corrected chi connectivity index (χ4v) is 6.44. The number of carbonyl (C=O) groups is 4. The normalized spacial score (nSPS) is 29.2. The third kappa shape index (κ3) is 7.41. The van der Waals surface area contributed by atoms with E-state index < -0.39 is 38.0 Å². The maximum absolute atomic E-state index is 14.1. The average molecular weight is 566 g/mol. The van der Waals surface area contributed by atoms with Crippen LogP contribution in [0.3, 0.4) is 0 Å². The zero-order valence-electron chi connectivity index (χ0n) is 25.6. The Morgan fingerprint density at radius 2 is 1.77 bits per heavy atom. The van der Waals surface area contributed by atoms with Crippen LogP contribution in [-0.4, -0.2) is 97.2 Å². The van der Waals surface area contributed by atoms with E-state index in [1.54, 1.807) is 4.90 Å². The van der Waals surface area contributed by atoms with E-state index >= 15 is 0 Å². The van der Waals surface area contributed by atoms with Crippen molar-refractivity contribution in [2.75, 3.05) is 19.7 Å². The molecule has 0 bridgehead atoms. The van der Waals surface area contributed by atoms with E-state index in [0.29, 0.717) is 26.0 Å². The number of nitrogens with one attached hydrogen (secondary N) is 3.